The minimum absolute atomic E-state index is 0.273. The van der Waals surface area contributed by atoms with E-state index in [-0.39, 0.29) is 11.2 Å². The Morgan fingerprint density at radius 1 is 1.15 bits per heavy atom. The Hall–Kier alpha value is -1.87. The lowest BCUT2D eigenvalue weighted by Gasteiger charge is -2.10. The molecule has 1 unspecified atom stereocenters. The van der Waals surface area contributed by atoms with Crippen LogP contribution in [-0.4, -0.2) is 9.55 Å². The van der Waals surface area contributed by atoms with Crippen LogP contribution < -0.4 is 0 Å². The van der Waals surface area contributed by atoms with Crippen LogP contribution in [0.5, 0.6) is 0 Å². The van der Waals surface area contributed by atoms with Crippen LogP contribution in [0, 0.1) is 5.82 Å². The molecular weight excluding hydrogens is 275 g/mol. The number of fused-ring (bicyclic) bond motifs is 1. The maximum absolute atomic E-state index is 13.9. The summed E-state index contributed by atoms with van der Waals surface area (Å²) in [5, 5.41) is -0.273. The Bertz CT molecular complexity index is 735. The van der Waals surface area contributed by atoms with Crippen molar-refractivity contribution in [2.24, 2.45) is 0 Å². The molecule has 0 saturated heterocycles. The van der Waals surface area contributed by atoms with Crippen molar-refractivity contribution in [2.45, 2.75) is 18.8 Å². The Kier molecular flexibility index (Phi) is 3.45. The SMILES string of the molecule is CC(Cl)c1nc2c(F)cccc2n1Cc1ccccc1. The van der Waals surface area contributed by atoms with Crippen LogP contribution >= 0.6 is 11.6 Å². The molecule has 0 aliphatic rings. The second kappa shape index (κ2) is 5.25. The third-order valence-corrected chi connectivity index (χ3v) is 3.49. The van der Waals surface area contributed by atoms with Gasteiger partial charge in [-0.15, -0.1) is 11.6 Å². The van der Waals surface area contributed by atoms with E-state index in [9.17, 15) is 4.39 Å². The van der Waals surface area contributed by atoms with Crippen molar-refractivity contribution in [3.05, 3.63) is 65.7 Å². The Morgan fingerprint density at radius 3 is 2.60 bits per heavy atom. The molecule has 3 aromatic rings. The lowest BCUT2D eigenvalue weighted by molar-refractivity contribution is 0.637. The molecule has 2 nitrogen and oxygen atoms in total. The van der Waals surface area contributed by atoms with E-state index in [1.165, 1.54) is 6.07 Å². The van der Waals surface area contributed by atoms with Crippen LogP contribution in [-0.2, 0) is 6.54 Å². The van der Waals surface area contributed by atoms with Crippen LogP contribution in [0.2, 0.25) is 0 Å². The van der Waals surface area contributed by atoms with E-state index < -0.39 is 0 Å². The van der Waals surface area contributed by atoms with E-state index in [2.05, 4.69) is 4.98 Å². The first-order valence-corrected chi connectivity index (χ1v) is 6.93. The molecule has 102 valence electrons. The van der Waals surface area contributed by atoms with Crippen LogP contribution in [0.4, 0.5) is 4.39 Å². The summed E-state index contributed by atoms with van der Waals surface area (Å²) in [7, 11) is 0. The van der Waals surface area contributed by atoms with Gasteiger partial charge in [-0.25, -0.2) is 9.37 Å². The zero-order valence-corrected chi connectivity index (χ0v) is 11.8. The van der Waals surface area contributed by atoms with E-state index in [0.717, 1.165) is 11.1 Å². The van der Waals surface area contributed by atoms with Gasteiger partial charge in [0.25, 0.3) is 0 Å². The molecule has 0 saturated carbocycles. The van der Waals surface area contributed by atoms with Gasteiger partial charge in [-0.3, -0.25) is 0 Å². The number of hydrogen-bond donors (Lipinski definition) is 0. The second-order valence-electron chi connectivity index (χ2n) is 4.77. The molecule has 20 heavy (non-hydrogen) atoms. The number of aromatic nitrogens is 2. The normalized spacial score (nSPS) is 12.8. The minimum Gasteiger partial charge on any atom is -0.322 e. The fraction of sp³-hybridized carbons (Fsp3) is 0.188. The monoisotopic (exact) mass is 288 g/mol. The molecular formula is C16H14ClFN2. The number of hydrogen-bond acceptors (Lipinski definition) is 1. The number of halogens is 2. The molecule has 4 heteroatoms. The molecule has 0 spiro atoms. The van der Waals surface area contributed by atoms with Gasteiger partial charge in [0.15, 0.2) is 5.82 Å². The van der Waals surface area contributed by atoms with E-state index >= 15 is 0 Å². The Labute approximate surface area is 121 Å². The fourth-order valence-electron chi connectivity index (χ4n) is 2.37. The molecule has 1 aromatic heterocycles. The van der Waals surface area contributed by atoms with Crippen molar-refractivity contribution in [1.82, 2.24) is 9.55 Å². The van der Waals surface area contributed by atoms with Gasteiger partial charge < -0.3 is 4.57 Å². The molecule has 1 heterocycles. The molecule has 1 atom stereocenters. The van der Waals surface area contributed by atoms with Crippen molar-refractivity contribution in [3.63, 3.8) is 0 Å². The average Bonchev–Trinajstić information content (AvgIpc) is 2.81. The summed E-state index contributed by atoms with van der Waals surface area (Å²) in [6.07, 6.45) is 0. The zero-order valence-electron chi connectivity index (χ0n) is 11.1. The van der Waals surface area contributed by atoms with Gasteiger partial charge in [-0.05, 0) is 24.6 Å². The average molecular weight is 289 g/mol. The second-order valence-corrected chi connectivity index (χ2v) is 5.42. The van der Waals surface area contributed by atoms with Crippen molar-refractivity contribution in [1.29, 1.82) is 0 Å². The molecule has 2 aromatic carbocycles. The Morgan fingerprint density at radius 2 is 1.90 bits per heavy atom. The van der Waals surface area contributed by atoms with E-state index in [1.807, 2.05) is 47.9 Å². The quantitative estimate of drug-likeness (QED) is 0.648. The molecule has 0 aliphatic carbocycles. The topological polar surface area (TPSA) is 17.8 Å². The van der Waals surface area contributed by atoms with E-state index in [0.29, 0.717) is 17.9 Å². The molecule has 0 radical (unpaired) electrons. The standard InChI is InChI=1S/C16H14ClFN2/c1-11(17)16-19-15-13(18)8-5-9-14(15)20(16)10-12-6-3-2-4-7-12/h2-9,11H,10H2,1H3. The van der Waals surface area contributed by atoms with Crippen LogP contribution in [0.1, 0.15) is 23.7 Å². The molecule has 0 N–H and O–H groups in total. The smallest absolute Gasteiger partial charge is 0.151 e. The highest BCUT2D eigenvalue weighted by atomic mass is 35.5. The highest BCUT2D eigenvalue weighted by Crippen LogP contribution is 2.26. The predicted molar refractivity (Wildman–Crippen MR) is 79.5 cm³/mol. The van der Waals surface area contributed by atoms with Gasteiger partial charge in [0, 0.05) is 6.54 Å². The fourth-order valence-corrected chi connectivity index (χ4v) is 2.53. The molecule has 0 bridgehead atoms. The zero-order chi connectivity index (χ0) is 14.1. The lowest BCUT2D eigenvalue weighted by atomic mass is 10.2. The van der Waals surface area contributed by atoms with Gasteiger partial charge in [0.1, 0.15) is 11.3 Å². The molecule has 0 fully saturated rings. The number of para-hydroxylation sites is 1. The summed E-state index contributed by atoms with van der Waals surface area (Å²) < 4.78 is 15.8. The van der Waals surface area contributed by atoms with Crippen molar-refractivity contribution in [2.75, 3.05) is 0 Å². The summed E-state index contributed by atoms with van der Waals surface area (Å²) in [5.74, 6) is 0.378. The summed E-state index contributed by atoms with van der Waals surface area (Å²) in [6, 6.07) is 15.0. The molecule has 3 rings (SSSR count). The number of rotatable bonds is 3. The molecule has 0 aliphatic heterocycles. The van der Waals surface area contributed by atoms with E-state index in [1.54, 1.807) is 6.07 Å². The highest BCUT2D eigenvalue weighted by molar-refractivity contribution is 6.20. The summed E-state index contributed by atoms with van der Waals surface area (Å²) in [4.78, 5) is 4.36. The van der Waals surface area contributed by atoms with Crippen molar-refractivity contribution in [3.8, 4) is 0 Å². The Balaban J connectivity index is 2.17. The van der Waals surface area contributed by atoms with Crippen molar-refractivity contribution < 1.29 is 4.39 Å². The van der Waals surface area contributed by atoms with Gasteiger partial charge in [0.2, 0.25) is 0 Å². The number of benzene rings is 2. The maximum Gasteiger partial charge on any atom is 0.151 e. The number of imidazole rings is 1. The van der Waals surface area contributed by atoms with Crippen LogP contribution in [0.3, 0.4) is 0 Å². The summed E-state index contributed by atoms with van der Waals surface area (Å²) in [5.41, 5.74) is 2.29. The number of nitrogens with zero attached hydrogens (tertiary/aromatic N) is 2. The van der Waals surface area contributed by atoms with E-state index in [4.69, 9.17) is 11.6 Å². The predicted octanol–water partition coefficient (Wildman–Crippen LogP) is 4.52. The highest BCUT2D eigenvalue weighted by Gasteiger charge is 2.17. The maximum atomic E-state index is 13.9. The molecule has 0 amide bonds. The summed E-state index contributed by atoms with van der Waals surface area (Å²) in [6.45, 7) is 2.48. The minimum atomic E-state index is -0.312. The first-order chi connectivity index (χ1) is 9.66. The first-order valence-electron chi connectivity index (χ1n) is 6.49. The van der Waals surface area contributed by atoms with Crippen molar-refractivity contribution >= 4 is 22.6 Å². The van der Waals surface area contributed by atoms with Gasteiger partial charge in [0.05, 0.1) is 10.9 Å². The van der Waals surface area contributed by atoms with Gasteiger partial charge in [-0.1, -0.05) is 36.4 Å². The largest absolute Gasteiger partial charge is 0.322 e. The number of alkyl halides is 1. The van der Waals surface area contributed by atoms with Crippen LogP contribution in [0.15, 0.2) is 48.5 Å². The first kappa shape index (κ1) is 13.1. The lowest BCUT2D eigenvalue weighted by Crippen LogP contribution is -2.05. The summed E-state index contributed by atoms with van der Waals surface area (Å²) >= 11 is 6.19. The van der Waals surface area contributed by atoms with Crippen LogP contribution in [0.25, 0.3) is 11.0 Å². The van der Waals surface area contributed by atoms with Gasteiger partial charge >= 0.3 is 0 Å². The third-order valence-electron chi connectivity index (χ3n) is 3.30. The van der Waals surface area contributed by atoms with Gasteiger partial charge in [-0.2, -0.15) is 0 Å². The third kappa shape index (κ3) is 2.29.